The van der Waals surface area contributed by atoms with Crippen LogP contribution in [-0.2, 0) is 18.9 Å². The fourth-order valence-corrected chi connectivity index (χ4v) is 6.97. The summed E-state index contributed by atoms with van der Waals surface area (Å²) in [5, 5.41) is 8.71. The van der Waals surface area contributed by atoms with E-state index < -0.39 is 0 Å². The van der Waals surface area contributed by atoms with Crippen LogP contribution in [0.15, 0.2) is 96.2 Å². The van der Waals surface area contributed by atoms with Gasteiger partial charge in [0.1, 0.15) is 11.4 Å². The molecule has 5 aromatic rings. The quantitative estimate of drug-likeness (QED) is 0.117. The molecule has 0 aliphatic carbocycles. The summed E-state index contributed by atoms with van der Waals surface area (Å²) in [6.07, 6.45) is 8.90. The van der Waals surface area contributed by atoms with Crippen molar-refractivity contribution in [2.45, 2.75) is 38.1 Å². The van der Waals surface area contributed by atoms with E-state index in [1.165, 1.54) is 7.11 Å². The van der Waals surface area contributed by atoms with Crippen molar-refractivity contribution < 1.29 is 28.7 Å². The third kappa shape index (κ3) is 8.15. The van der Waals surface area contributed by atoms with Gasteiger partial charge in [-0.2, -0.15) is 0 Å². The molecule has 4 heterocycles. The van der Waals surface area contributed by atoms with Gasteiger partial charge in [0, 0.05) is 68.7 Å². The summed E-state index contributed by atoms with van der Waals surface area (Å²) >= 11 is 0. The monoisotopic (exact) mass is 741 g/mol. The maximum atomic E-state index is 13.3. The average molecular weight is 742 g/mol. The molecular weight excluding hydrogens is 699 g/mol. The summed E-state index contributed by atoms with van der Waals surface area (Å²) in [5.41, 5.74) is 5.26. The molecule has 2 aliphatic heterocycles. The van der Waals surface area contributed by atoms with Crippen molar-refractivity contribution in [3.8, 4) is 22.6 Å². The molecule has 1 saturated heterocycles. The van der Waals surface area contributed by atoms with Crippen molar-refractivity contribution in [3.05, 3.63) is 108 Å². The number of methoxy groups -OCH3 is 1. The Bertz CT molecular complexity index is 2260. The summed E-state index contributed by atoms with van der Waals surface area (Å²) < 4.78 is 15.0. The first-order valence-electron chi connectivity index (χ1n) is 18.3. The number of para-hydroxylation sites is 1. The number of amides is 4. The Balaban J connectivity index is 0.914. The predicted molar refractivity (Wildman–Crippen MR) is 212 cm³/mol. The average Bonchev–Trinajstić information content (AvgIpc) is 3.73. The van der Waals surface area contributed by atoms with Crippen molar-refractivity contribution in [1.82, 2.24) is 14.0 Å². The van der Waals surface area contributed by atoms with Crippen LogP contribution in [0.2, 0.25) is 0 Å². The minimum absolute atomic E-state index is 0.00629. The van der Waals surface area contributed by atoms with Gasteiger partial charge >= 0.3 is 0 Å². The van der Waals surface area contributed by atoms with Crippen LogP contribution in [0.3, 0.4) is 0 Å². The number of hydrogen-bond donors (Lipinski definition) is 3. The van der Waals surface area contributed by atoms with E-state index in [4.69, 9.17) is 9.47 Å². The first-order chi connectivity index (χ1) is 26.7. The van der Waals surface area contributed by atoms with E-state index >= 15 is 0 Å². The van der Waals surface area contributed by atoms with Crippen LogP contribution < -0.4 is 25.4 Å². The van der Waals surface area contributed by atoms with E-state index in [0.717, 1.165) is 30.4 Å². The number of anilines is 3. The second-order valence-corrected chi connectivity index (χ2v) is 13.6. The normalized spacial score (nSPS) is 14.7. The van der Waals surface area contributed by atoms with E-state index in [1.807, 2.05) is 72.9 Å². The van der Waals surface area contributed by atoms with Crippen molar-refractivity contribution in [3.63, 3.8) is 0 Å². The maximum Gasteiger partial charge on any atom is 0.272 e. The smallest absolute Gasteiger partial charge is 0.272 e. The van der Waals surface area contributed by atoms with Gasteiger partial charge in [0.2, 0.25) is 5.91 Å². The number of ether oxygens (including phenoxy) is 2. The lowest BCUT2D eigenvalue weighted by Crippen LogP contribution is -2.43. The van der Waals surface area contributed by atoms with Gasteiger partial charge in [-0.15, -0.1) is 0 Å². The number of carbonyl (C=O) groups is 4. The van der Waals surface area contributed by atoms with Crippen molar-refractivity contribution in [1.29, 1.82) is 0 Å². The molecule has 4 amide bonds. The minimum Gasteiger partial charge on any atom is -0.493 e. The second kappa shape index (κ2) is 16.2. The number of hydrogen-bond acceptors (Lipinski definition) is 7. The largest absolute Gasteiger partial charge is 0.493 e. The summed E-state index contributed by atoms with van der Waals surface area (Å²) in [4.78, 5) is 59.0. The Morgan fingerprint density at radius 1 is 0.818 bits per heavy atom. The number of piperidine rings is 1. The predicted octanol–water partition coefficient (Wildman–Crippen LogP) is 7.05. The van der Waals surface area contributed by atoms with Crippen LogP contribution in [0.4, 0.5) is 22.7 Å². The SMILES string of the molecule is COc1cc2c(cc1OCCCC(=O)Nc1cc(C(=O)Nc3ccc(-c4ccn(C)c4C(=O)Nc4ccccc4)cc3)n(C)c1)N=C[C@@H]1CCCCN1C2=O. The molecule has 3 aromatic carbocycles. The maximum absolute atomic E-state index is 13.3. The van der Waals surface area contributed by atoms with Crippen LogP contribution in [0.25, 0.3) is 11.1 Å². The van der Waals surface area contributed by atoms with E-state index in [2.05, 4.69) is 20.9 Å². The zero-order chi connectivity index (χ0) is 38.5. The first-order valence-corrected chi connectivity index (χ1v) is 18.3. The fraction of sp³-hybridized carbons (Fsp3) is 0.262. The lowest BCUT2D eigenvalue weighted by atomic mass is 10.0. The van der Waals surface area contributed by atoms with E-state index in [1.54, 1.807) is 52.7 Å². The molecule has 0 bridgehead atoms. The third-order valence-corrected chi connectivity index (χ3v) is 9.81. The molecule has 1 atom stereocenters. The molecule has 2 aromatic heterocycles. The molecule has 2 aliphatic rings. The van der Waals surface area contributed by atoms with Gasteiger partial charge in [0.25, 0.3) is 17.7 Å². The molecule has 3 N–H and O–H groups in total. The van der Waals surface area contributed by atoms with Gasteiger partial charge in [-0.1, -0.05) is 30.3 Å². The number of benzene rings is 3. The Hall–Kier alpha value is -6.63. The van der Waals surface area contributed by atoms with E-state index in [9.17, 15) is 19.2 Å². The first kappa shape index (κ1) is 36.7. The molecular formula is C42H43N7O6. The Morgan fingerprint density at radius 2 is 1.58 bits per heavy atom. The number of carbonyl (C=O) groups excluding carboxylic acids is 4. The molecule has 0 unspecified atom stereocenters. The van der Waals surface area contributed by atoms with Crippen LogP contribution in [0, 0.1) is 0 Å². The topological polar surface area (TPSA) is 148 Å². The van der Waals surface area contributed by atoms with Gasteiger partial charge in [0.15, 0.2) is 11.5 Å². The number of aryl methyl sites for hydroxylation is 2. The Morgan fingerprint density at radius 3 is 2.36 bits per heavy atom. The van der Waals surface area contributed by atoms with Gasteiger partial charge in [-0.05, 0) is 73.7 Å². The Labute approximate surface area is 319 Å². The van der Waals surface area contributed by atoms with E-state index in [-0.39, 0.29) is 42.7 Å². The molecule has 13 nitrogen and oxygen atoms in total. The standard InChI is InChI=1S/C42H43N7O6/c1-47-20-18-32(39(47)41(52)46-28-10-5-4-6-11-28)27-14-16-29(17-15-27)45-40(51)35-22-30(26-48(35)2)44-38(50)13-9-21-55-37-24-34-33(23-36(37)54-3)42(53)49-19-8-7-12-31(49)25-43-34/h4-6,10-11,14-18,20,22-26,31H,7-9,12-13,19,21H2,1-3H3,(H,44,50)(H,45,51)(H,46,52)/t31-/m0/s1. The highest BCUT2D eigenvalue weighted by Crippen LogP contribution is 2.38. The van der Waals surface area contributed by atoms with Crippen molar-refractivity contribution in [2.75, 3.05) is 36.2 Å². The number of aliphatic imine (C=N–C) groups is 1. The number of nitrogens with one attached hydrogen (secondary N) is 3. The number of fused-ring (bicyclic) bond motifs is 2. The summed E-state index contributed by atoms with van der Waals surface area (Å²) in [6.45, 7) is 0.947. The zero-order valence-electron chi connectivity index (χ0n) is 31.0. The summed E-state index contributed by atoms with van der Waals surface area (Å²) in [5.74, 6) is 0.0362. The van der Waals surface area contributed by atoms with E-state index in [0.29, 0.717) is 64.2 Å². The fourth-order valence-electron chi connectivity index (χ4n) is 6.97. The molecule has 7 rings (SSSR count). The van der Waals surface area contributed by atoms with Crippen LogP contribution >= 0.6 is 0 Å². The third-order valence-electron chi connectivity index (χ3n) is 9.81. The molecule has 1 fully saturated rings. The lowest BCUT2D eigenvalue weighted by molar-refractivity contribution is -0.116. The van der Waals surface area contributed by atoms with Crippen molar-refractivity contribution >= 4 is 52.6 Å². The molecule has 13 heteroatoms. The summed E-state index contributed by atoms with van der Waals surface area (Å²) in [7, 11) is 5.08. The highest BCUT2D eigenvalue weighted by Gasteiger charge is 2.31. The number of rotatable bonds is 12. The van der Waals surface area contributed by atoms with Gasteiger partial charge in [-0.3, -0.25) is 24.2 Å². The number of nitrogens with zero attached hydrogens (tertiary/aromatic N) is 4. The van der Waals surface area contributed by atoms with Gasteiger partial charge in [-0.25, -0.2) is 0 Å². The van der Waals surface area contributed by atoms with Gasteiger partial charge in [0.05, 0.1) is 36.7 Å². The lowest BCUT2D eigenvalue weighted by Gasteiger charge is -2.32. The molecule has 0 radical (unpaired) electrons. The summed E-state index contributed by atoms with van der Waals surface area (Å²) in [6, 6.07) is 23.5. The Kier molecular flexibility index (Phi) is 10.8. The van der Waals surface area contributed by atoms with Crippen LogP contribution in [0.1, 0.15) is 63.4 Å². The van der Waals surface area contributed by atoms with Crippen LogP contribution in [0.5, 0.6) is 11.5 Å². The van der Waals surface area contributed by atoms with Crippen molar-refractivity contribution in [2.24, 2.45) is 19.1 Å². The molecule has 0 spiro atoms. The molecule has 55 heavy (non-hydrogen) atoms. The second-order valence-electron chi connectivity index (χ2n) is 13.6. The molecule has 0 saturated carbocycles. The highest BCUT2D eigenvalue weighted by atomic mass is 16.5. The van der Waals surface area contributed by atoms with Gasteiger partial charge < -0.3 is 39.5 Å². The van der Waals surface area contributed by atoms with Crippen LogP contribution in [-0.4, -0.2) is 70.2 Å². The molecule has 282 valence electrons. The number of aromatic nitrogens is 2. The zero-order valence-corrected chi connectivity index (χ0v) is 31.0. The highest BCUT2D eigenvalue weighted by molar-refractivity contribution is 6.08. The minimum atomic E-state index is -0.344.